The molecule has 4 rings (SSSR count). The number of halogens is 2. The highest BCUT2D eigenvalue weighted by Gasteiger charge is 2.13. The van der Waals surface area contributed by atoms with Gasteiger partial charge in [-0.3, -0.25) is 0 Å². The Kier molecular flexibility index (Phi) is 13.0. The number of carbonyl (C=O) groups is 2. The monoisotopic (exact) mass is 673 g/mol. The molecule has 10 heteroatoms. The van der Waals surface area contributed by atoms with E-state index in [9.17, 15) is 9.59 Å². The number of nitrogens with zero attached hydrogens (tertiary/aromatic N) is 2. The fourth-order valence-corrected chi connectivity index (χ4v) is 5.13. The van der Waals surface area contributed by atoms with Crippen molar-refractivity contribution in [1.29, 1.82) is 0 Å². The molecule has 0 aliphatic carbocycles. The smallest absolute Gasteiger partial charge is 0.407 e. The molecule has 1 aromatic heterocycles. The zero-order valence-corrected chi connectivity index (χ0v) is 28.2. The van der Waals surface area contributed by atoms with Crippen LogP contribution in [0.1, 0.15) is 46.7 Å². The number of aromatic nitrogens is 2. The van der Waals surface area contributed by atoms with E-state index in [1.165, 1.54) is 7.11 Å². The molecular formula is C37H37Cl2N3O5. The van der Waals surface area contributed by atoms with Gasteiger partial charge < -0.3 is 24.1 Å². The Morgan fingerprint density at radius 3 is 2.47 bits per heavy atom. The van der Waals surface area contributed by atoms with E-state index in [2.05, 4.69) is 5.32 Å². The summed E-state index contributed by atoms with van der Waals surface area (Å²) in [5.74, 6) is 0.305. The van der Waals surface area contributed by atoms with Crippen molar-refractivity contribution in [2.24, 2.45) is 0 Å². The first-order valence-electron chi connectivity index (χ1n) is 14.9. The van der Waals surface area contributed by atoms with Crippen molar-refractivity contribution >= 4 is 53.0 Å². The molecule has 1 heterocycles. The highest BCUT2D eigenvalue weighted by molar-refractivity contribution is 6.36. The number of imidazole rings is 1. The normalized spacial score (nSPS) is 11.9. The molecule has 0 unspecified atom stereocenters. The van der Waals surface area contributed by atoms with Gasteiger partial charge in [0.2, 0.25) is 0 Å². The molecule has 0 spiro atoms. The van der Waals surface area contributed by atoms with Gasteiger partial charge in [-0.05, 0) is 72.5 Å². The topological polar surface area (TPSA) is 91.7 Å². The number of hydrogen-bond acceptors (Lipinski definition) is 6. The molecule has 0 bridgehead atoms. The van der Waals surface area contributed by atoms with Crippen molar-refractivity contribution in [3.05, 3.63) is 129 Å². The van der Waals surface area contributed by atoms with E-state index in [0.717, 1.165) is 27.8 Å². The quantitative estimate of drug-likeness (QED) is 0.113. The Balaban J connectivity index is 1.58. The second-order valence-corrected chi connectivity index (χ2v) is 11.6. The van der Waals surface area contributed by atoms with E-state index < -0.39 is 12.1 Å². The summed E-state index contributed by atoms with van der Waals surface area (Å²) in [6.45, 7) is 4.84. The average Bonchev–Trinajstić information content (AvgIpc) is 3.44. The number of esters is 1. The highest BCUT2D eigenvalue weighted by Crippen LogP contribution is 2.30. The van der Waals surface area contributed by atoms with Crippen LogP contribution in [0.2, 0.25) is 10.0 Å². The van der Waals surface area contributed by atoms with Gasteiger partial charge in [0.1, 0.15) is 5.82 Å². The van der Waals surface area contributed by atoms with Crippen LogP contribution in [0.15, 0.2) is 91.2 Å². The van der Waals surface area contributed by atoms with E-state index in [4.69, 9.17) is 42.4 Å². The Labute approximate surface area is 285 Å². The molecular weight excluding hydrogens is 637 g/mol. The third kappa shape index (κ3) is 10.4. The Morgan fingerprint density at radius 1 is 0.979 bits per heavy atom. The predicted octanol–water partition coefficient (Wildman–Crippen LogP) is 8.58. The van der Waals surface area contributed by atoms with E-state index >= 15 is 0 Å². The van der Waals surface area contributed by atoms with Crippen molar-refractivity contribution < 1.29 is 23.8 Å². The lowest BCUT2D eigenvalue weighted by Crippen LogP contribution is -2.26. The first-order chi connectivity index (χ1) is 22.7. The van der Waals surface area contributed by atoms with Crippen LogP contribution in [0.25, 0.3) is 29.0 Å². The van der Waals surface area contributed by atoms with E-state index in [0.29, 0.717) is 46.8 Å². The van der Waals surface area contributed by atoms with E-state index in [-0.39, 0.29) is 6.10 Å². The predicted molar refractivity (Wildman–Crippen MR) is 189 cm³/mol. The van der Waals surface area contributed by atoms with Gasteiger partial charge in [-0.25, -0.2) is 14.6 Å². The number of allylic oxidation sites excluding steroid dienone is 2. The average molecular weight is 675 g/mol. The summed E-state index contributed by atoms with van der Waals surface area (Å²) < 4.78 is 17.3. The van der Waals surface area contributed by atoms with Crippen LogP contribution >= 0.6 is 23.2 Å². The van der Waals surface area contributed by atoms with Crippen LogP contribution in [-0.4, -0.2) is 55.1 Å². The molecule has 0 saturated heterocycles. The van der Waals surface area contributed by atoms with Gasteiger partial charge in [0, 0.05) is 37.0 Å². The minimum Gasteiger partial charge on any atom is -0.465 e. The lowest BCUT2D eigenvalue weighted by atomic mass is 10.0. The molecule has 3 aromatic carbocycles. The fraction of sp³-hybridized carbons (Fsp3) is 0.216. The van der Waals surface area contributed by atoms with Gasteiger partial charge in [-0.1, -0.05) is 83.9 Å². The second kappa shape index (κ2) is 17.3. The summed E-state index contributed by atoms with van der Waals surface area (Å²) >= 11 is 12.7. The molecule has 47 heavy (non-hydrogen) atoms. The zero-order valence-electron chi connectivity index (χ0n) is 26.7. The standard InChI is InChI=1S/C37H37Cl2N3O5/c1-25(2)47-37(44)40-19-6-9-28(18-20-45-3)29-13-10-26(11-14-29)12-17-35-41-34(32-16-15-31(38)22-33(32)39)24-42(35)23-27-7-5-8-30(21-27)36(43)46-4/h5-18,21-22,24-25H,19-20,23H2,1-4H3,(H,40,44)/b9-6-,17-12+,28-18+. The number of hydrogen-bond donors (Lipinski definition) is 1. The first kappa shape index (κ1) is 35.2. The minimum absolute atomic E-state index is 0.182. The molecule has 4 aromatic rings. The molecule has 0 aliphatic heterocycles. The Bertz CT molecular complexity index is 1770. The van der Waals surface area contributed by atoms with Crippen LogP contribution in [0, 0.1) is 0 Å². The van der Waals surface area contributed by atoms with Gasteiger partial charge >= 0.3 is 12.1 Å². The summed E-state index contributed by atoms with van der Waals surface area (Å²) in [5, 5.41) is 3.75. The van der Waals surface area contributed by atoms with E-state index in [1.54, 1.807) is 39.2 Å². The first-order valence-corrected chi connectivity index (χ1v) is 15.7. The number of ether oxygens (including phenoxy) is 3. The van der Waals surface area contributed by atoms with E-state index in [1.807, 2.05) is 89.7 Å². The van der Waals surface area contributed by atoms with Gasteiger partial charge in [0.05, 0.1) is 36.1 Å². The van der Waals surface area contributed by atoms with Crippen molar-refractivity contribution in [2.75, 3.05) is 27.4 Å². The number of nitrogens with one attached hydrogen (secondary N) is 1. The SMILES string of the molecule is COC/C=C(\C=C/CNC(=O)OC(C)C)c1ccc(/C=C/c2nc(-c3ccc(Cl)cc3Cl)cn2Cc2cccc(C(=O)OC)c2)cc1. The van der Waals surface area contributed by atoms with Crippen LogP contribution in [0.5, 0.6) is 0 Å². The van der Waals surface area contributed by atoms with Gasteiger partial charge in [-0.15, -0.1) is 0 Å². The Morgan fingerprint density at radius 2 is 1.77 bits per heavy atom. The number of rotatable bonds is 13. The molecule has 0 atom stereocenters. The van der Waals surface area contributed by atoms with Crippen molar-refractivity contribution in [3.63, 3.8) is 0 Å². The van der Waals surface area contributed by atoms with Crippen molar-refractivity contribution in [2.45, 2.75) is 26.5 Å². The fourth-order valence-electron chi connectivity index (χ4n) is 4.62. The van der Waals surface area contributed by atoms with Crippen LogP contribution in [0.4, 0.5) is 4.79 Å². The molecule has 0 fully saturated rings. The lowest BCUT2D eigenvalue weighted by molar-refractivity contribution is 0.0600. The summed E-state index contributed by atoms with van der Waals surface area (Å²) in [7, 11) is 3.00. The number of amides is 1. The maximum Gasteiger partial charge on any atom is 0.407 e. The van der Waals surface area contributed by atoms with Crippen LogP contribution < -0.4 is 5.32 Å². The summed E-state index contributed by atoms with van der Waals surface area (Å²) in [5.41, 5.74) is 5.75. The third-order valence-electron chi connectivity index (χ3n) is 6.86. The molecule has 8 nitrogen and oxygen atoms in total. The largest absolute Gasteiger partial charge is 0.465 e. The molecule has 0 aliphatic rings. The highest BCUT2D eigenvalue weighted by atomic mass is 35.5. The van der Waals surface area contributed by atoms with Crippen LogP contribution in [-0.2, 0) is 20.8 Å². The third-order valence-corrected chi connectivity index (χ3v) is 7.41. The number of benzene rings is 3. The maximum atomic E-state index is 12.1. The van der Waals surface area contributed by atoms with Gasteiger partial charge in [-0.2, -0.15) is 0 Å². The second-order valence-electron chi connectivity index (χ2n) is 10.7. The number of carbonyl (C=O) groups excluding carboxylic acids is 2. The molecule has 1 amide bonds. The summed E-state index contributed by atoms with van der Waals surface area (Å²) in [6, 6.07) is 20.7. The number of alkyl carbamates (subject to hydrolysis) is 1. The van der Waals surface area contributed by atoms with Gasteiger partial charge in [0.25, 0.3) is 0 Å². The van der Waals surface area contributed by atoms with Crippen molar-refractivity contribution in [3.8, 4) is 11.3 Å². The van der Waals surface area contributed by atoms with Crippen LogP contribution in [0.3, 0.4) is 0 Å². The zero-order chi connectivity index (χ0) is 33.8. The molecule has 0 radical (unpaired) electrons. The minimum atomic E-state index is -0.457. The Hall–Kier alpha value is -4.63. The number of methoxy groups -OCH3 is 2. The maximum absolute atomic E-state index is 12.1. The lowest BCUT2D eigenvalue weighted by Gasteiger charge is -2.08. The molecule has 1 N–H and O–H groups in total. The van der Waals surface area contributed by atoms with Gasteiger partial charge in [0.15, 0.2) is 0 Å². The molecule has 244 valence electrons. The summed E-state index contributed by atoms with van der Waals surface area (Å²) in [6.07, 6.45) is 11.0. The summed E-state index contributed by atoms with van der Waals surface area (Å²) in [4.78, 5) is 28.8. The molecule has 0 saturated carbocycles. The van der Waals surface area contributed by atoms with Crippen molar-refractivity contribution in [1.82, 2.24) is 14.9 Å².